The molecule has 0 radical (unpaired) electrons. The van der Waals surface area contributed by atoms with Crippen molar-refractivity contribution in [3.8, 4) is 0 Å². The van der Waals surface area contributed by atoms with Crippen LogP contribution >= 0.6 is 0 Å². The lowest BCUT2D eigenvalue weighted by Gasteiger charge is -2.36. The van der Waals surface area contributed by atoms with E-state index in [9.17, 15) is 28.1 Å². The fraction of sp³-hybridized carbons (Fsp3) is 0.579. The van der Waals surface area contributed by atoms with Gasteiger partial charge in [0, 0.05) is 25.2 Å². The van der Waals surface area contributed by atoms with Crippen LogP contribution in [0.3, 0.4) is 0 Å². The summed E-state index contributed by atoms with van der Waals surface area (Å²) in [5.74, 6) is -0.995. The van der Waals surface area contributed by atoms with Crippen molar-refractivity contribution in [3.63, 3.8) is 0 Å². The molecule has 1 aromatic carbocycles. The molecule has 1 saturated heterocycles. The van der Waals surface area contributed by atoms with Crippen LogP contribution in [0.2, 0.25) is 0 Å². The van der Waals surface area contributed by atoms with Crippen LogP contribution in [-0.2, 0) is 24.3 Å². The molecule has 2 rings (SSSR count). The first-order chi connectivity index (χ1) is 14.0. The number of nitro benzene ring substituents is 1. The summed E-state index contributed by atoms with van der Waals surface area (Å²) < 4.78 is 31.0. The molecular weight excluding hydrogens is 414 g/mol. The van der Waals surface area contributed by atoms with E-state index in [2.05, 4.69) is 0 Å². The normalized spacial score (nSPS) is 16.1. The summed E-state index contributed by atoms with van der Waals surface area (Å²) in [4.78, 5) is 37.0. The third-order valence-electron chi connectivity index (χ3n) is 5.13. The van der Waals surface area contributed by atoms with Gasteiger partial charge >= 0.3 is 5.97 Å². The number of aryl methyl sites for hydroxylation is 1. The summed E-state index contributed by atoms with van der Waals surface area (Å²) in [5.41, 5.74) is 0.319. The van der Waals surface area contributed by atoms with E-state index in [4.69, 9.17) is 4.74 Å². The van der Waals surface area contributed by atoms with Crippen molar-refractivity contribution >= 4 is 33.3 Å². The van der Waals surface area contributed by atoms with Crippen LogP contribution in [0.1, 0.15) is 32.3 Å². The van der Waals surface area contributed by atoms with E-state index in [1.54, 1.807) is 13.8 Å². The number of non-ortho nitro benzene ring substituents is 1. The van der Waals surface area contributed by atoms with Crippen LogP contribution in [0.25, 0.3) is 0 Å². The van der Waals surface area contributed by atoms with Crippen LogP contribution in [0.4, 0.5) is 11.4 Å². The fourth-order valence-corrected chi connectivity index (χ4v) is 4.80. The van der Waals surface area contributed by atoms with Crippen LogP contribution in [-0.4, -0.2) is 62.1 Å². The Hall–Kier alpha value is -2.69. The molecule has 10 nitrogen and oxygen atoms in total. The van der Waals surface area contributed by atoms with Gasteiger partial charge in [-0.15, -0.1) is 0 Å². The highest BCUT2D eigenvalue weighted by Crippen LogP contribution is 2.30. The Morgan fingerprint density at radius 1 is 1.33 bits per heavy atom. The minimum Gasteiger partial charge on any atom is -0.466 e. The van der Waals surface area contributed by atoms with E-state index in [-0.39, 0.29) is 23.3 Å². The molecular formula is C19H27N3O7S. The van der Waals surface area contributed by atoms with Gasteiger partial charge in [-0.2, -0.15) is 0 Å². The Bertz CT molecular complexity index is 924. The second-order valence-electron chi connectivity index (χ2n) is 7.31. The number of sulfonamides is 1. The highest BCUT2D eigenvalue weighted by molar-refractivity contribution is 7.92. The fourth-order valence-electron chi connectivity index (χ4n) is 3.58. The summed E-state index contributed by atoms with van der Waals surface area (Å²) >= 11 is 0. The maximum atomic E-state index is 13.1. The quantitative estimate of drug-likeness (QED) is 0.359. The zero-order chi connectivity index (χ0) is 22.6. The molecule has 1 amide bonds. The topological polar surface area (TPSA) is 127 Å². The molecule has 0 bridgehead atoms. The average Bonchev–Trinajstić information content (AvgIpc) is 2.68. The number of esters is 1. The minimum atomic E-state index is -3.91. The monoisotopic (exact) mass is 441 g/mol. The van der Waals surface area contributed by atoms with E-state index in [0.717, 1.165) is 16.6 Å². The number of benzene rings is 1. The van der Waals surface area contributed by atoms with E-state index in [1.165, 1.54) is 24.0 Å². The maximum Gasteiger partial charge on any atom is 0.309 e. The van der Waals surface area contributed by atoms with Crippen molar-refractivity contribution in [2.75, 3.05) is 30.3 Å². The first-order valence-electron chi connectivity index (χ1n) is 9.67. The van der Waals surface area contributed by atoms with Gasteiger partial charge in [0.05, 0.1) is 29.4 Å². The van der Waals surface area contributed by atoms with Gasteiger partial charge in [-0.05, 0) is 39.2 Å². The molecule has 1 aromatic rings. The molecule has 1 aliphatic rings. The van der Waals surface area contributed by atoms with Gasteiger partial charge in [-0.25, -0.2) is 8.42 Å². The van der Waals surface area contributed by atoms with Crippen LogP contribution in [0.5, 0.6) is 0 Å². The molecule has 0 unspecified atom stereocenters. The molecule has 0 saturated carbocycles. The predicted octanol–water partition coefficient (Wildman–Crippen LogP) is 1.86. The lowest BCUT2D eigenvalue weighted by molar-refractivity contribution is -0.384. The number of likely N-dealkylation sites (tertiary alicyclic amines) is 1. The molecule has 1 heterocycles. The highest BCUT2D eigenvalue weighted by Gasteiger charge is 2.36. The summed E-state index contributed by atoms with van der Waals surface area (Å²) in [7, 11) is -3.91. The number of piperidine rings is 1. The zero-order valence-electron chi connectivity index (χ0n) is 17.5. The highest BCUT2D eigenvalue weighted by atomic mass is 32.2. The Balaban J connectivity index is 2.26. The van der Waals surface area contributed by atoms with Crippen molar-refractivity contribution in [1.29, 1.82) is 0 Å². The maximum absolute atomic E-state index is 13.1. The van der Waals surface area contributed by atoms with Gasteiger partial charge in [0.25, 0.3) is 5.69 Å². The number of carbonyl (C=O) groups excluding carboxylic acids is 2. The Labute approximate surface area is 176 Å². The average molecular weight is 442 g/mol. The summed E-state index contributed by atoms with van der Waals surface area (Å²) in [5, 5.41) is 11.1. The lowest BCUT2D eigenvalue weighted by atomic mass is 9.96. The molecule has 30 heavy (non-hydrogen) atoms. The van der Waals surface area contributed by atoms with E-state index in [1.807, 2.05) is 0 Å². The van der Waals surface area contributed by atoms with Gasteiger partial charge in [0.15, 0.2) is 0 Å². The first-order valence-corrected chi connectivity index (χ1v) is 11.5. The van der Waals surface area contributed by atoms with E-state index >= 15 is 0 Å². The molecule has 1 fully saturated rings. The number of rotatable bonds is 7. The Morgan fingerprint density at radius 3 is 2.43 bits per heavy atom. The van der Waals surface area contributed by atoms with Crippen LogP contribution in [0, 0.1) is 23.0 Å². The van der Waals surface area contributed by atoms with Gasteiger partial charge in [-0.1, -0.05) is 6.07 Å². The van der Waals surface area contributed by atoms with Crippen molar-refractivity contribution in [1.82, 2.24) is 4.90 Å². The lowest BCUT2D eigenvalue weighted by Crippen LogP contribution is -2.52. The second kappa shape index (κ2) is 9.41. The van der Waals surface area contributed by atoms with Crippen molar-refractivity contribution < 1.29 is 27.7 Å². The van der Waals surface area contributed by atoms with Crippen LogP contribution in [0.15, 0.2) is 18.2 Å². The Morgan fingerprint density at radius 2 is 1.93 bits per heavy atom. The number of hydrogen-bond acceptors (Lipinski definition) is 7. The molecule has 1 atom stereocenters. The molecule has 0 spiro atoms. The van der Waals surface area contributed by atoms with Crippen molar-refractivity contribution in [2.45, 2.75) is 39.7 Å². The summed E-state index contributed by atoms with van der Waals surface area (Å²) in [6, 6.07) is 2.80. The zero-order valence-corrected chi connectivity index (χ0v) is 18.3. The molecule has 0 N–H and O–H groups in total. The molecule has 0 aromatic heterocycles. The summed E-state index contributed by atoms with van der Waals surface area (Å²) in [6.45, 7) is 5.71. The summed E-state index contributed by atoms with van der Waals surface area (Å²) in [6.07, 6.45) is 1.83. The third kappa shape index (κ3) is 5.26. The van der Waals surface area contributed by atoms with Gasteiger partial charge in [-0.3, -0.25) is 24.0 Å². The SMILES string of the molecule is CCOC(=O)C1CCN(C(=O)[C@@H](C)N(c2cc([N+](=O)[O-])ccc2C)S(C)(=O)=O)CC1. The van der Waals surface area contributed by atoms with E-state index < -0.39 is 26.9 Å². The Kier molecular flexibility index (Phi) is 7.40. The number of anilines is 1. The second-order valence-corrected chi connectivity index (χ2v) is 9.17. The van der Waals surface area contributed by atoms with Gasteiger partial charge in [0.2, 0.25) is 15.9 Å². The number of hydrogen-bond donors (Lipinski definition) is 0. The molecule has 166 valence electrons. The largest absolute Gasteiger partial charge is 0.466 e. The van der Waals surface area contributed by atoms with Gasteiger partial charge < -0.3 is 9.64 Å². The van der Waals surface area contributed by atoms with E-state index in [0.29, 0.717) is 38.1 Å². The number of amides is 1. The number of ether oxygens (including phenoxy) is 1. The molecule has 1 aliphatic heterocycles. The molecule has 0 aliphatic carbocycles. The van der Waals surface area contributed by atoms with Crippen molar-refractivity contribution in [3.05, 3.63) is 33.9 Å². The minimum absolute atomic E-state index is 0.0916. The van der Waals surface area contributed by atoms with Crippen LogP contribution < -0.4 is 4.31 Å². The van der Waals surface area contributed by atoms with Gasteiger partial charge in [0.1, 0.15) is 6.04 Å². The first kappa shape index (κ1) is 23.6. The third-order valence-corrected chi connectivity index (χ3v) is 6.36. The van der Waals surface area contributed by atoms with Crippen molar-refractivity contribution in [2.24, 2.45) is 5.92 Å². The number of nitrogens with zero attached hydrogens (tertiary/aromatic N) is 3. The number of nitro groups is 1. The molecule has 11 heteroatoms. The standard InChI is InChI=1S/C19H27N3O7S/c1-5-29-19(24)15-8-10-20(11-9-15)18(23)14(3)21(30(4,27)28)17-12-16(22(25)26)7-6-13(17)2/h6-7,12,14-15H,5,8-11H2,1-4H3/t14-/m1/s1. The number of carbonyl (C=O) groups is 2. The predicted molar refractivity (Wildman–Crippen MR) is 111 cm³/mol. The smallest absolute Gasteiger partial charge is 0.309 e.